The SMILES string of the molecule is Cc1ccccc1/C=C(/Oc1c(F)c(F)c(F)c(F)c1OC[P+](C1CCCCC1)(C1CCCCC1)C1CCCCC1)OC(C)C. The standard InChI is InChI=1S/C37H50F4O3P/c1-25(2)43-31(23-27-16-14-13-15-26(27)3)44-37-35(41)33(39)32(38)34(40)36(37)42-24-45(28-17-7-4-8-18-28,29-19-9-5-10-20-29)30-21-11-6-12-22-30/h13-16,23,25,28-30H,4-12,17-22,24H2,1-3H3/q+1/b31-23+. The summed E-state index contributed by atoms with van der Waals surface area (Å²) in [6.07, 6.45) is 18.9. The van der Waals surface area contributed by atoms with Crippen LogP contribution in [0, 0.1) is 30.2 Å². The molecule has 0 heterocycles. The van der Waals surface area contributed by atoms with Gasteiger partial charge in [0, 0.05) is 6.08 Å². The maximum Gasteiger partial charge on any atom is 0.285 e. The molecule has 3 saturated carbocycles. The topological polar surface area (TPSA) is 27.7 Å². The second-order valence-electron chi connectivity index (χ2n) is 13.6. The Morgan fingerprint density at radius 2 is 1.18 bits per heavy atom. The van der Waals surface area contributed by atoms with Gasteiger partial charge >= 0.3 is 0 Å². The van der Waals surface area contributed by atoms with Crippen molar-refractivity contribution in [1.82, 2.24) is 0 Å². The number of hydrogen-bond donors (Lipinski definition) is 0. The summed E-state index contributed by atoms with van der Waals surface area (Å²) < 4.78 is 79.2. The van der Waals surface area contributed by atoms with E-state index in [0.29, 0.717) is 17.0 Å². The van der Waals surface area contributed by atoms with Gasteiger partial charge in [-0.1, -0.05) is 43.5 Å². The number of benzene rings is 2. The number of aryl methyl sites for hydroxylation is 1. The Balaban J connectivity index is 1.57. The average Bonchev–Trinajstić information content (AvgIpc) is 3.06. The summed E-state index contributed by atoms with van der Waals surface area (Å²) in [6, 6.07) is 7.45. The zero-order valence-electron chi connectivity index (χ0n) is 27.2. The van der Waals surface area contributed by atoms with Gasteiger partial charge < -0.3 is 14.2 Å². The van der Waals surface area contributed by atoms with Crippen LogP contribution < -0.4 is 9.47 Å². The van der Waals surface area contributed by atoms with E-state index in [0.717, 1.165) is 49.7 Å². The lowest BCUT2D eigenvalue weighted by atomic mass is 9.99. The minimum absolute atomic E-state index is 0.152. The van der Waals surface area contributed by atoms with Crippen molar-refractivity contribution in [3.8, 4) is 11.5 Å². The molecule has 3 fully saturated rings. The van der Waals surface area contributed by atoms with E-state index in [1.165, 1.54) is 57.8 Å². The minimum Gasteiger partial charge on any atom is -0.462 e. The first-order valence-electron chi connectivity index (χ1n) is 17.2. The zero-order valence-corrected chi connectivity index (χ0v) is 28.1. The summed E-state index contributed by atoms with van der Waals surface area (Å²) in [6.45, 7) is 5.44. The lowest BCUT2D eigenvalue weighted by Gasteiger charge is -2.48. The fourth-order valence-corrected chi connectivity index (χ4v) is 14.9. The molecule has 5 rings (SSSR count). The van der Waals surface area contributed by atoms with Crippen molar-refractivity contribution in [3.05, 3.63) is 64.6 Å². The molecule has 3 nitrogen and oxygen atoms in total. The first kappa shape index (κ1) is 34.1. The van der Waals surface area contributed by atoms with Crippen LogP contribution in [0.15, 0.2) is 30.2 Å². The van der Waals surface area contributed by atoms with Gasteiger partial charge in [0.05, 0.1) is 30.3 Å². The molecule has 0 spiro atoms. The molecule has 0 aliphatic heterocycles. The van der Waals surface area contributed by atoms with Crippen LogP contribution in [0.4, 0.5) is 17.6 Å². The van der Waals surface area contributed by atoms with Crippen LogP contribution in [0.5, 0.6) is 11.5 Å². The minimum atomic E-state index is -1.93. The highest BCUT2D eigenvalue weighted by Crippen LogP contribution is 2.77. The van der Waals surface area contributed by atoms with Crippen molar-refractivity contribution >= 4 is 13.3 Å². The maximum atomic E-state index is 15.8. The molecule has 0 saturated heterocycles. The van der Waals surface area contributed by atoms with E-state index in [-0.39, 0.29) is 18.4 Å². The summed E-state index contributed by atoms with van der Waals surface area (Å²) in [5.74, 6) is -8.64. The fraction of sp³-hybridized carbons (Fsp3) is 0.622. The van der Waals surface area contributed by atoms with Gasteiger partial charge in [0.1, 0.15) is 0 Å². The predicted molar refractivity (Wildman–Crippen MR) is 175 cm³/mol. The molecule has 0 atom stereocenters. The summed E-state index contributed by atoms with van der Waals surface area (Å²) in [7, 11) is -1.92. The first-order chi connectivity index (χ1) is 21.7. The van der Waals surface area contributed by atoms with E-state index >= 15 is 8.78 Å². The van der Waals surface area contributed by atoms with Gasteiger partial charge in [-0.25, -0.2) is 8.78 Å². The third-order valence-electron chi connectivity index (χ3n) is 10.4. The molecule has 3 aliphatic carbocycles. The Labute approximate surface area is 267 Å². The largest absolute Gasteiger partial charge is 0.462 e. The Kier molecular flexibility index (Phi) is 11.8. The number of hydrogen-bond acceptors (Lipinski definition) is 3. The maximum absolute atomic E-state index is 15.8. The average molecular weight is 650 g/mol. The van der Waals surface area contributed by atoms with Gasteiger partial charge in [-0.05, 0) is 109 Å². The summed E-state index contributed by atoms with van der Waals surface area (Å²) in [4.78, 5) is 0. The molecule has 0 aromatic heterocycles. The van der Waals surface area contributed by atoms with Gasteiger partial charge in [0.25, 0.3) is 5.95 Å². The van der Waals surface area contributed by atoms with Crippen LogP contribution in [0.2, 0.25) is 0 Å². The molecule has 0 radical (unpaired) electrons. The Morgan fingerprint density at radius 1 is 0.711 bits per heavy atom. The Bertz CT molecular complexity index is 1270. The van der Waals surface area contributed by atoms with Crippen LogP contribution in [0.1, 0.15) is 121 Å². The van der Waals surface area contributed by atoms with E-state index in [1.54, 1.807) is 19.9 Å². The molecule has 2 aromatic rings. The molecule has 0 unspecified atom stereocenters. The molecule has 3 aliphatic rings. The highest BCUT2D eigenvalue weighted by Gasteiger charge is 2.58. The van der Waals surface area contributed by atoms with Crippen molar-refractivity contribution in [3.63, 3.8) is 0 Å². The van der Waals surface area contributed by atoms with Crippen LogP contribution in [-0.4, -0.2) is 29.4 Å². The van der Waals surface area contributed by atoms with E-state index in [1.807, 2.05) is 31.2 Å². The van der Waals surface area contributed by atoms with Gasteiger partial charge in [0.2, 0.25) is 34.8 Å². The highest BCUT2D eigenvalue weighted by atomic mass is 31.2. The van der Waals surface area contributed by atoms with Crippen molar-refractivity contribution in [2.45, 2.75) is 140 Å². The van der Waals surface area contributed by atoms with Crippen LogP contribution in [-0.2, 0) is 4.74 Å². The van der Waals surface area contributed by atoms with E-state index in [2.05, 4.69) is 0 Å². The first-order valence-corrected chi connectivity index (χ1v) is 19.4. The lowest BCUT2D eigenvalue weighted by Crippen LogP contribution is -2.39. The predicted octanol–water partition coefficient (Wildman–Crippen LogP) is 11.7. The number of ether oxygens (including phenoxy) is 3. The highest BCUT2D eigenvalue weighted by molar-refractivity contribution is 7.77. The molecule has 0 bridgehead atoms. The molecule has 8 heteroatoms. The lowest BCUT2D eigenvalue weighted by molar-refractivity contribution is 0.0625. The molecule has 248 valence electrons. The molecule has 0 N–H and O–H groups in total. The Morgan fingerprint density at radius 3 is 1.64 bits per heavy atom. The normalized spacial score (nSPS) is 19.6. The number of halogens is 4. The van der Waals surface area contributed by atoms with E-state index < -0.39 is 42.0 Å². The molecule has 2 aromatic carbocycles. The molecular weight excluding hydrogens is 599 g/mol. The third kappa shape index (κ3) is 7.66. The second-order valence-corrected chi connectivity index (χ2v) is 18.1. The second kappa shape index (κ2) is 15.5. The third-order valence-corrected chi connectivity index (χ3v) is 16.6. The quantitative estimate of drug-likeness (QED) is 0.0797. The van der Waals surface area contributed by atoms with Gasteiger partial charge in [0.15, 0.2) is 6.35 Å². The Hall–Kier alpha value is -2.27. The molecule has 0 amide bonds. The molecular formula is C37H50F4O3P+. The van der Waals surface area contributed by atoms with Gasteiger partial charge in [-0.3, -0.25) is 0 Å². The monoisotopic (exact) mass is 649 g/mol. The number of rotatable bonds is 11. The van der Waals surface area contributed by atoms with Crippen LogP contribution >= 0.6 is 7.26 Å². The smallest absolute Gasteiger partial charge is 0.285 e. The zero-order chi connectivity index (χ0) is 32.0. The summed E-state index contributed by atoms with van der Waals surface area (Å²) in [5.41, 5.74) is 3.14. The van der Waals surface area contributed by atoms with Crippen LogP contribution in [0.25, 0.3) is 6.08 Å². The van der Waals surface area contributed by atoms with E-state index in [4.69, 9.17) is 14.2 Å². The molecule has 45 heavy (non-hydrogen) atoms. The summed E-state index contributed by atoms with van der Waals surface area (Å²) in [5, 5.41) is 0. The van der Waals surface area contributed by atoms with Crippen molar-refractivity contribution in [2.75, 3.05) is 6.35 Å². The fourth-order valence-electron chi connectivity index (χ4n) is 8.18. The van der Waals surface area contributed by atoms with Crippen molar-refractivity contribution < 1.29 is 31.8 Å². The van der Waals surface area contributed by atoms with Gasteiger partial charge in [-0.2, -0.15) is 8.78 Å². The van der Waals surface area contributed by atoms with Gasteiger partial charge in [-0.15, -0.1) is 0 Å². The van der Waals surface area contributed by atoms with E-state index in [9.17, 15) is 8.78 Å². The summed E-state index contributed by atoms with van der Waals surface area (Å²) >= 11 is 0. The van der Waals surface area contributed by atoms with Crippen LogP contribution in [0.3, 0.4) is 0 Å². The van der Waals surface area contributed by atoms with Crippen molar-refractivity contribution in [1.29, 1.82) is 0 Å². The van der Waals surface area contributed by atoms with Crippen molar-refractivity contribution in [2.24, 2.45) is 0 Å².